The van der Waals surface area contributed by atoms with Crippen molar-refractivity contribution in [2.24, 2.45) is 5.73 Å². The smallest absolute Gasteiger partial charge is 0.203 e. The Morgan fingerprint density at radius 1 is 1.10 bits per heavy atom. The van der Waals surface area contributed by atoms with Crippen molar-refractivity contribution in [2.45, 2.75) is 32.4 Å². The van der Waals surface area contributed by atoms with E-state index in [9.17, 15) is 0 Å². The fraction of sp³-hybridized carbons (Fsp3) is 0.625. The molecule has 0 heterocycles. The van der Waals surface area contributed by atoms with Crippen LogP contribution < -0.4 is 19.9 Å². The van der Waals surface area contributed by atoms with Crippen LogP contribution in [0.2, 0.25) is 0 Å². The molecule has 1 aromatic carbocycles. The number of hydrogen-bond acceptors (Lipinski definition) is 5. The van der Waals surface area contributed by atoms with E-state index in [1.807, 2.05) is 12.1 Å². The summed E-state index contributed by atoms with van der Waals surface area (Å²) in [4.78, 5) is 2.27. The average Bonchev–Trinajstić information content (AvgIpc) is 2.53. The molecule has 2 atom stereocenters. The molecule has 0 saturated heterocycles. The maximum atomic E-state index is 6.01. The van der Waals surface area contributed by atoms with Crippen molar-refractivity contribution in [3.05, 3.63) is 17.7 Å². The van der Waals surface area contributed by atoms with Crippen LogP contribution >= 0.6 is 0 Å². The molecule has 0 aliphatic carbocycles. The number of ether oxygens (including phenoxy) is 3. The van der Waals surface area contributed by atoms with Crippen LogP contribution in [0.1, 0.15) is 31.9 Å². The van der Waals surface area contributed by atoms with Gasteiger partial charge in [0.2, 0.25) is 5.75 Å². The SMILES string of the molecule is CCC(C)N(C)C(CN)c1ccc(OC)c(OC)c1OC. The van der Waals surface area contributed by atoms with Crippen molar-refractivity contribution in [3.8, 4) is 17.2 Å². The first-order chi connectivity index (χ1) is 10.0. The Kier molecular flexibility index (Phi) is 6.78. The van der Waals surface area contributed by atoms with Crippen molar-refractivity contribution in [3.63, 3.8) is 0 Å². The summed E-state index contributed by atoms with van der Waals surface area (Å²) in [6, 6.07) is 4.38. The zero-order valence-electron chi connectivity index (χ0n) is 14.0. The second kappa shape index (κ2) is 8.10. The van der Waals surface area contributed by atoms with Crippen LogP contribution in [0.15, 0.2) is 12.1 Å². The highest BCUT2D eigenvalue weighted by molar-refractivity contribution is 5.56. The molecule has 0 fully saturated rings. The lowest BCUT2D eigenvalue weighted by Gasteiger charge is -2.33. The molecular formula is C16H28N2O3. The fourth-order valence-electron chi connectivity index (χ4n) is 2.49. The van der Waals surface area contributed by atoms with Gasteiger partial charge in [-0.2, -0.15) is 0 Å². The van der Waals surface area contributed by atoms with Gasteiger partial charge in [-0.15, -0.1) is 0 Å². The summed E-state index contributed by atoms with van der Waals surface area (Å²) in [5, 5.41) is 0. The minimum Gasteiger partial charge on any atom is -0.493 e. The van der Waals surface area contributed by atoms with Crippen molar-refractivity contribution in [1.29, 1.82) is 0 Å². The van der Waals surface area contributed by atoms with Gasteiger partial charge in [0, 0.05) is 18.2 Å². The summed E-state index contributed by atoms with van der Waals surface area (Å²) >= 11 is 0. The molecule has 21 heavy (non-hydrogen) atoms. The predicted octanol–water partition coefficient (Wildman–Crippen LogP) is 2.44. The molecule has 2 unspecified atom stereocenters. The van der Waals surface area contributed by atoms with Gasteiger partial charge >= 0.3 is 0 Å². The number of hydrogen-bond donors (Lipinski definition) is 1. The number of nitrogens with zero attached hydrogens (tertiary/aromatic N) is 1. The molecule has 2 N–H and O–H groups in total. The molecule has 0 bridgehead atoms. The number of benzene rings is 1. The summed E-state index contributed by atoms with van der Waals surface area (Å²) in [5.41, 5.74) is 7.03. The summed E-state index contributed by atoms with van der Waals surface area (Å²) in [6.45, 7) is 4.86. The van der Waals surface area contributed by atoms with Crippen molar-refractivity contribution in [2.75, 3.05) is 34.9 Å². The van der Waals surface area contributed by atoms with E-state index in [4.69, 9.17) is 19.9 Å². The van der Waals surface area contributed by atoms with Crippen LogP contribution in [0.5, 0.6) is 17.2 Å². The number of methoxy groups -OCH3 is 3. The van der Waals surface area contributed by atoms with Gasteiger partial charge in [-0.3, -0.25) is 4.90 Å². The summed E-state index contributed by atoms with van der Waals surface area (Å²) in [7, 11) is 6.95. The maximum absolute atomic E-state index is 6.01. The molecule has 5 heteroatoms. The van der Waals surface area contributed by atoms with E-state index in [0.29, 0.717) is 29.8 Å². The van der Waals surface area contributed by atoms with Crippen molar-refractivity contribution < 1.29 is 14.2 Å². The van der Waals surface area contributed by atoms with Gasteiger partial charge in [0.15, 0.2) is 11.5 Å². The first-order valence-corrected chi connectivity index (χ1v) is 7.26. The first-order valence-electron chi connectivity index (χ1n) is 7.26. The minimum absolute atomic E-state index is 0.0645. The van der Waals surface area contributed by atoms with Gasteiger partial charge in [-0.05, 0) is 32.5 Å². The third kappa shape index (κ3) is 3.60. The van der Waals surface area contributed by atoms with E-state index in [1.165, 1.54) is 0 Å². The van der Waals surface area contributed by atoms with E-state index in [0.717, 1.165) is 12.0 Å². The predicted molar refractivity (Wildman–Crippen MR) is 85.4 cm³/mol. The molecule has 0 aliphatic rings. The molecule has 1 rings (SSSR count). The Bertz CT molecular complexity index is 451. The van der Waals surface area contributed by atoms with E-state index in [2.05, 4.69) is 25.8 Å². The number of likely N-dealkylation sites (N-methyl/N-ethyl adjacent to an activating group) is 1. The van der Waals surface area contributed by atoms with Gasteiger partial charge in [0.25, 0.3) is 0 Å². The molecule has 5 nitrogen and oxygen atoms in total. The Morgan fingerprint density at radius 2 is 1.71 bits per heavy atom. The van der Waals surface area contributed by atoms with Crippen LogP contribution in [0, 0.1) is 0 Å². The van der Waals surface area contributed by atoms with Gasteiger partial charge in [-0.1, -0.05) is 6.92 Å². The lowest BCUT2D eigenvalue weighted by Crippen LogP contribution is -2.36. The van der Waals surface area contributed by atoms with E-state index < -0.39 is 0 Å². The van der Waals surface area contributed by atoms with Gasteiger partial charge < -0.3 is 19.9 Å². The Morgan fingerprint density at radius 3 is 2.14 bits per heavy atom. The van der Waals surface area contributed by atoms with Crippen LogP contribution in [-0.2, 0) is 0 Å². The second-order valence-corrected chi connectivity index (χ2v) is 5.10. The van der Waals surface area contributed by atoms with E-state index >= 15 is 0 Å². The molecule has 0 amide bonds. The highest BCUT2D eigenvalue weighted by Gasteiger charge is 2.26. The fourth-order valence-corrected chi connectivity index (χ4v) is 2.49. The summed E-state index contributed by atoms with van der Waals surface area (Å²) in [6.07, 6.45) is 1.06. The number of nitrogens with two attached hydrogens (primary N) is 1. The molecule has 120 valence electrons. The third-order valence-corrected chi connectivity index (χ3v) is 4.09. The van der Waals surface area contributed by atoms with E-state index in [1.54, 1.807) is 21.3 Å². The standard InChI is InChI=1S/C16H28N2O3/c1-7-11(2)18(3)13(10-17)12-8-9-14(19-4)16(21-6)15(12)20-5/h8-9,11,13H,7,10,17H2,1-6H3. The Balaban J connectivity index is 3.32. The average molecular weight is 296 g/mol. The van der Waals surface area contributed by atoms with Crippen LogP contribution in [0.25, 0.3) is 0 Å². The monoisotopic (exact) mass is 296 g/mol. The summed E-state index contributed by atoms with van der Waals surface area (Å²) in [5.74, 6) is 1.94. The van der Waals surface area contributed by atoms with Gasteiger partial charge in [-0.25, -0.2) is 0 Å². The molecule has 0 aliphatic heterocycles. The highest BCUT2D eigenvalue weighted by atomic mass is 16.5. The largest absolute Gasteiger partial charge is 0.493 e. The quantitative estimate of drug-likeness (QED) is 0.798. The molecular weight excluding hydrogens is 268 g/mol. The number of rotatable bonds is 8. The van der Waals surface area contributed by atoms with Crippen LogP contribution in [0.3, 0.4) is 0 Å². The van der Waals surface area contributed by atoms with Gasteiger partial charge in [0.1, 0.15) is 0 Å². The second-order valence-electron chi connectivity index (χ2n) is 5.10. The Hall–Kier alpha value is -1.46. The maximum Gasteiger partial charge on any atom is 0.203 e. The zero-order valence-corrected chi connectivity index (χ0v) is 14.0. The van der Waals surface area contributed by atoms with Crippen molar-refractivity contribution in [1.82, 2.24) is 4.90 Å². The molecule has 0 spiro atoms. The zero-order chi connectivity index (χ0) is 16.0. The minimum atomic E-state index is 0.0645. The normalized spacial score (nSPS) is 13.9. The topological polar surface area (TPSA) is 57.0 Å². The van der Waals surface area contributed by atoms with Gasteiger partial charge in [0.05, 0.1) is 27.4 Å². The Labute approximate surface area is 128 Å². The first kappa shape index (κ1) is 17.6. The molecule has 0 radical (unpaired) electrons. The van der Waals surface area contributed by atoms with Crippen LogP contribution in [0.4, 0.5) is 0 Å². The summed E-state index contributed by atoms with van der Waals surface area (Å²) < 4.78 is 16.3. The van der Waals surface area contributed by atoms with Crippen LogP contribution in [-0.4, -0.2) is 45.9 Å². The molecule has 0 saturated carbocycles. The lowest BCUT2D eigenvalue weighted by molar-refractivity contribution is 0.180. The lowest BCUT2D eigenvalue weighted by atomic mass is 10.0. The van der Waals surface area contributed by atoms with E-state index in [-0.39, 0.29) is 6.04 Å². The third-order valence-electron chi connectivity index (χ3n) is 4.09. The van der Waals surface area contributed by atoms with Crippen molar-refractivity contribution >= 4 is 0 Å². The molecule has 0 aromatic heterocycles. The molecule has 1 aromatic rings. The highest BCUT2D eigenvalue weighted by Crippen LogP contribution is 2.43.